The molecule has 1 saturated heterocycles. The number of fused-ring (bicyclic) bond motifs is 1. The summed E-state index contributed by atoms with van der Waals surface area (Å²) in [5.41, 5.74) is 1.86. The van der Waals surface area contributed by atoms with Crippen LogP contribution in [0.25, 0.3) is 22.1 Å². The summed E-state index contributed by atoms with van der Waals surface area (Å²) in [7, 11) is 1.80. The Kier molecular flexibility index (Phi) is 6.62. The number of aromatic nitrogens is 2. The number of aromatic carboxylic acids is 1. The highest BCUT2D eigenvalue weighted by molar-refractivity contribution is 6.36. The molecule has 9 nitrogen and oxygen atoms in total. The number of amides is 1. The van der Waals surface area contributed by atoms with Crippen LogP contribution in [0.3, 0.4) is 0 Å². The minimum atomic E-state index is -1.30. The van der Waals surface area contributed by atoms with E-state index in [2.05, 4.69) is 5.10 Å². The van der Waals surface area contributed by atoms with Gasteiger partial charge in [0, 0.05) is 36.8 Å². The quantitative estimate of drug-likeness (QED) is 0.528. The third kappa shape index (κ3) is 4.43. The van der Waals surface area contributed by atoms with Crippen molar-refractivity contribution < 1.29 is 28.6 Å². The minimum Gasteiger partial charge on any atom is -0.475 e. The van der Waals surface area contributed by atoms with Crippen LogP contribution in [0.4, 0.5) is 10.5 Å². The number of furan rings is 1. The van der Waals surface area contributed by atoms with E-state index in [1.54, 1.807) is 37.0 Å². The number of carbonyl (C=O) groups excluding carboxylic acids is 1. The van der Waals surface area contributed by atoms with Gasteiger partial charge in [0.2, 0.25) is 5.76 Å². The number of carboxylic acid groups (broad SMARTS) is 1. The smallest absolute Gasteiger partial charge is 0.414 e. The number of carbonyl (C=O) groups is 2. The van der Waals surface area contributed by atoms with Crippen LogP contribution >= 0.6 is 11.6 Å². The maximum Gasteiger partial charge on any atom is 0.414 e. The molecule has 0 unspecified atom stereocenters. The number of rotatable bonds is 6. The predicted molar refractivity (Wildman–Crippen MR) is 123 cm³/mol. The van der Waals surface area contributed by atoms with Crippen LogP contribution in [0.2, 0.25) is 5.02 Å². The molecule has 0 bridgehead atoms. The molecule has 1 fully saturated rings. The largest absolute Gasteiger partial charge is 0.475 e. The summed E-state index contributed by atoms with van der Waals surface area (Å²) in [6.45, 7) is 4.32. The molecule has 1 aliphatic heterocycles. The Morgan fingerprint density at radius 1 is 1.33 bits per heavy atom. The Hall–Kier alpha value is -3.04. The van der Waals surface area contributed by atoms with Crippen molar-refractivity contribution in [1.82, 2.24) is 9.78 Å². The number of hydrogen-bond acceptors (Lipinski definition) is 6. The molecule has 176 valence electrons. The molecular weight excluding hydrogens is 450 g/mol. The van der Waals surface area contributed by atoms with Crippen molar-refractivity contribution in [3.63, 3.8) is 0 Å². The van der Waals surface area contributed by atoms with Gasteiger partial charge in [-0.05, 0) is 43.9 Å². The van der Waals surface area contributed by atoms with Crippen LogP contribution in [0.15, 0.2) is 28.9 Å². The fraction of sp³-hybridized carbons (Fsp3) is 0.435. The second-order valence-corrected chi connectivity index (χ2v) is 8.38. The summed E-state index contributed by atoms with van der Waals surface area (Å²) in [5.74, 6) is -1.66. The molecule has 4 rings (SSSR count). The third-order valence-corrected chi connectivity index (χ3v) is 6.10. The molecule has 0 spiro atoms. The average Bonchev–Trinajstić information content (AvgIpc) is 3.39. The molecule has 33 heavy (non-hydrogen) atoms. The molecule has 1 aliphatic rings. The number of hydrogen-bond donors (Lipinski definition) is 1. The zero-order valence-electron chi connectivity index (χ0n) is 18.7. The van der Waals surface area contributed by atoms with Crippen molar-refractivity contribution in [2.24, 2.45) is 7.05 Å². The summed E-state index contributed by atoms with van der Waals surface area (Å²) in [6.07, 6.45) is 4.70. The number of ether oxygens (including phenoxy) is 2. The molecule has 1 aromatic carbocycles. The Balaban J connectivity index is 1.94. The van der Waals surface area contributed by atoms with Crippen LogP contribution in [0.1, 0.15) is 43.7 Å². The lowest BCUT2D eigenvalue weighted by Crippen LogP contribution is -2.46. The molecule has 0 radical (unpaired) electrons. The first-order chi connectivity index (χ1) is 15.8. The molecule has 1 amide bonds. The number of anilines is 1. The molecular formula is C23H26ClN3O6. The van der Waals surface area contributed by atoms with Gasteiger partial charge in [-0.3, -0.25) is 9.58 Å². The summed E-state index contributed by atoms with van der Waals surface area (Å²) in [4.78, 5) is 26.8. The maximum atomic E-state index is 13.2. The lowest BCUT2D eigenvalue weighted by atomic mass is 9.98. The fourth-order valence-corrected chi connectivity index (χ4v) is 4.52. The van der Waals surface area contributed by atoms with Crippen molar-refractivity contribution in [3.8, 4) is 11.1 Å². The van der Waals surface area contributed by atoms with Crippen molar-refractivity contribution in [3.05, 3.63) is 35.3 Å². The lowest BCUT2D eigenvalue weighted by Gasteiger charge is -2.36. The van der Waals surface area contributed by atoms with Crippen LogP contribution in [0, 0.1) is 0 Å². The second kappa shape index (κ2) is 9.44. The Labute approximate surface area is 195 Å². The van der Waals surface area contributed by atoms with Gasteiger partial charge in [0.1, 0.15) is 5.69 Å². The van der Waals surface area contributed by atoms with Gasteiger partial charge in [-0.2, -0.15) is 5.10 Å². The maximum absolute atomic E-state index is 13.2. The van der Waals surface area contributed by atoms with Crippen molar-refractivity contribution >= 4 is 40.3 Å². The SMILES string of the molecule is CCOC(=O)N(c1c(C(=O)O)oc2c(Cl)cc(-c3cnn(C)c3)cc12)[C@H]1CCO[C@@H](CC)C1. The molecule has 1 N–H and O–H groups in total. The van der Waals surface area contributed by atoms with Crippen LogP contribution in [-0.2, 0) is 16.5 Å². The van der Waals surface area contributed by atoms with E-state index >= 15 is 0 Å². The number of aryl methyl sites for hydroxylation is 1. The zero-order valence-corrected chi connectivity index (χ0v) is 19.5. The molecule has 2 aromatic heterocycles. The fourth-order valence-electron chi connectivity index (χ4n) is 4.26. The van der Waals surface area contributed by atoms with Crippen molar-refractivity contribution in [2.45, 2.75) is 45.3 Å². The van der Waals surface area contributed by atoms with E-state index < -0.39 is 12.1 Å². The topological polar surface area (TPSA) is 107 Å². The summed E-state index contributed by atoms with van der Waals surface area (Å²) in [5, 5.41) is 14.8. The summed E-state index contributed by atoms with van der Waals surface area (Å²) >= 11 is 6.52. The van der Waals surface area contributed by atoms with Gasteiger partial charge in [-0.1, -0.05) is 18.5 Å². The first-order valence-corrected chi connectivity index (χ1v) is 11.3. The van der Waals surface area contributed by atoms with E-state index in [4.69, 9.17) is 25.5 Å². The van der Waals surface area contributed by atoms with E-state index in [1.807, 2.05) is 13.1 Å². The Morgan fingerprint density at radius 3 is 2.76 bits per heavy atom. The van der Waals surface area contributed by atoms with Gasteiger partial charge in [-0.25, -0.2) is 9.59 Å². The number of nitrogens with zero attached hydrogens (tertiary/aromatic N) is 3. The standard InChI is InChI=1S/C23H26ClN3O6/c1-4-16-10-15(6-7-32-16)27(23(30)31-5-2)19-17-8-13(14-11-25-26(3)12-14)9-18(24)20(17)33-21(19)22(28)29/h8-9,11-12,15-16H,4-7,10H2,1-3H3,(H,28,29)/t15-,16-/m0/s1. The number of halogens is 1. The first-order valence-electron chi connectivity index (χ1n) is 10.9. The monoisotopic (exact) mass is 475 g/mol. The van der Waals surface area contributed by atoms with E-state index in [1.165, 1.54) is 4.90 Å². The highest BCUT2D eigenvalue weighted by Gasteiger charge is 2.37. The predicted octanol–water partition coefficient (Wildman–Crippen LogP) is 5.11. The summed E-state index contributed by atoms with van der Waals surface area (Å²) in [6, 6.07) is 3.14. The molecule has 3 aromatic rings. The highest BCUT2D eigenvalue weighted by Crippen LogP contribution is 2.42. The molecule has 3 heterocycles. The molecule has 0 saturated carbocycles. The Bertz CT molecular complexity index is 1190. The van der Waals surface area contributed by atoms with Gasteiger partial charge in [0.25, 0.3) is 0 Å². The van der Waals surface area contributed by atoms with Gasteiger partial charge in [0.15, 0.2) is 5.58 Å². The van der Waals surface area contributed by atoms with Gasteiger partial charge >= 0.3 is 12.1 Å². The van der Waals surface area contributed by atoms with Crippen LogP contribution in [0.5, 0.6) is 0 Å². The van der Waals surface area contributed by atoms with Crippen molar-refractivity contribution in [2.75, 3.05) is 18.1 Å². The van der Waals surface area contributed by atoms with Gasteiger partial charge in [-0.15, -0.1) is 0 Å². The van der Waals surface area contributed by atoms with Crippen LogP contribution in [-0.4, -0.2) is 52.3 Å². The molecule has 2 atom stereocenters. The van der Waals surface area contributed by atoms with E-state index in [0.717, 1.165) is 17.5 Å². The minimum absolute atomic E-state index is 0.0401. The van der Waals surface area contributed by atoms with E-state index in [9.17, 15) is 14.7 Å². The highest BCUT2D eigenvalue weighted by atomic mass is 35.5. The molecule has 0 aliphatic carbocycles. The first kappa shape index (κ1) is 23.1. The van der Waals surface area contributed by atoms with Gasteiger partial charge < -0.3 is 19.0 Å². The normalized spacial score (nSPS) is 18.4. The van der Waals surface area contributed by atoms with E-state index in [0.29, 0.717) is 24.8 Å². The van der Waals surface area contributed by atoms with E-state index in [-0.39, 0.29) is 40.8 Å². The zero-order chi connectivity index (χ0) is 23.7. The second-order valence-electron chi connectivity index (χ2n) is 7.97. The van der Waals surface area contributed by atoms with Crippen molar-refractivity contribution in [1.29, 1.82) is 0 Å². The Morgan fingerprint density at radius 2 is 2.12 bits per heavy atom. The number of benzene rings is 1. The number of carboxylic acids is 1. The van der Waals surface area contributed by atoms with Crippen LogP contribution < -0.4 is 4.90 Å². The average molecular weight is 476 g/mol. The molecule has 10 heteroatoms. The van der Waals surface area contributed by atoms with Gasteiger partial charge in [0.05, 0.1) is 23.9 Å². The summed E-state index contributed by atoms with van der Waals surface area (Å²) < 4.78 is 18.5. The lowest BCUT2D eigenvalue weighted by molar-refractivity contribution is 0.00467. The third-order valence-electron chi connectivity index (χ3n) is 5.82.